The summed E-state index contributed by atoms with van der Waals surface area (Å²) in [6, 6.07) is 10.0. The molecular formula is C19H17N3OS2. The second-order valence-corrected chi connectivity index (χ2v) is 7.92. The molecule has 0 aliphatic carbocycles. The molecule has 1 amide bonds. The van der Waals surface area contributed by atoms with Crippen LogP contribution in [0.25, 0.3) is 15.9 Å². The van der Waals surface area contributed by atoms with Crippen LogP contribution in [-0.4, -0.2) is 15.5 Å². The van der Waals surface area contributed by atoms with Gasteiger partial charge in [0.15, 0.2) is 0 Å². The van der Waals surface area contributed by atoms with Crippen molar-refractivity contribution in [2.24, 2.45) is 0 Å². The standard InChI is InChI=1S/C19H17N3OS2/c1-12-10-13(2)21-19-15(12)16(22-7-3-4-8-22)17(25-19)18(23)20-11-14-6-5-9-24-14/h3-10H,11H2,1-2H3,(H,20,23). The Morgan fingerprint density at radius 1 is 1.24 bits per heavy atom. The molecule has 6 heteroatoms. The van der Waals surface area contributed by atoms with Gasteiger partial charge in [0.25, 0.3) is 5.91 Å². The molecule has 4 nitrogen and oxygen atoms in total. The molecule has 0 saturated heterocycles. The van der Waals surface area contributed by atoms with Crippen LogP contribution in [0.1, 0.15) is 25.8 Å². The lowest BCUT2D eigenvalue weighted by atomic mass is 10.1. The van der Waals surface area contributed by atoms with E-state index >= 15 is 0 Å². The molecule has 4 aromatic heterocycles. The number of fused-ring (bicyclic) bond motifs is 1. The molecule has 25 heavy (non-hydrogen) atoms. The van der Waals surface area contributed by atoms with Gasteiger partial charge in [-0.3, -0.25) is 4.79 Å². The number of aryl methyl sites for hydroxylation is 2. The zero-order valence-electron chi connectivity index (χ0n) is 13.9. The van der Waals surface area contributed by atoms with Crippen LogP contribution in [0.5, 0.6) is 0 Å². The molecule has 126 valence electrons. The SMILES string of the molecule is Cc1cc(C)c2c(-n3cccc3)c(C(=O)NCc3cccs3)sc2n1. The highest BCUT2D eigenvalue weighted by Gasteiger charge is 2.22. The summed E-state index contributed by atoms with van der Waals surface area (Å²) in [6.45, 7) is 4.60. The molecule has 0 aliphatic rings. The summed E-state index contributed by atoms with van der Waals surface area (Å²) in [4.78, 5) is 20.3. The van der Waals surface area contributed by atoms with E-state index in [2.05, 4.69) is 23.3 Å². The number of aromatic nitrogens is 2. The van der Waals surface area contributed by atoms with Gasteiger partial charge >= 0.3 is 0 Å². The predicted octanol–water partition coefficient (Wildman–Crippen LogP) is 4.70. The molecule has 0 aliphatic heterocycles. The van der Waals surface area contributed by atoms with Crippen molar-refractivity contribution in [3.05, 3.63) is 69.1 Å². The van der Waals surface area contributed by atoms with E-state index in [0.717, 1.165) is 32.0 Å². The molecule has 0 atom stereocenters. The molecule has 1 N–H and O–H groups in total. The Morgan fingerprint density at radius 2 is 2.04 bits per heavy atom. The molecule has 0 fully saturated rings. The van der Waals surface area contributed by atoms with Crippen molar-refractivity contribution in [2.75, 3.05) is 0 Å². The number of hydrogen-bond acceptors (Lipinski definition) is 4. The summed E-state index contributed by atoms with van der Waals surface area (Å²) >= 11 is 3.10. The number of pyridine rings is 1. The van der Waals surface area contributed by atoms with Gasteiger partial charge in [-0.1, -0.05) is 6.07 Å². The average Bonchev–Trinajstić information content (AvgIpc) is 3.31. The van der Waals surface area contributed by atoms with Gasteiger partial charge in [0.05, 0.1) is 12.2 Å². The Hall–Kier alpha value is -2.44. The van der Waals surface area contributed by atoms with Crippen LogP contribution in [0, 0.1) is 13.8 Å². The lowest BCUT2D eigenvalue weighted by Gasteiger charge is -2.08. The number of carbonyl (C=O) groups excluding carboxylic acids is 1. The molecule has 0 bridgehead atoms. The fraction of sp³-hybridized carbons (Fsp3) is 0.158. The molecule has 0 spiro atoms. The molecule has 0 saturated carbocycles. The fourth-order valence-corrected chi connectivity index (χ4v) is 4.82. The summed E-state index contributed by atoms with van der Waals surface area (Å²) in [7, 11) is 0. The van der Waals surface area contributed by atoms with Crippen LogP contribution in [0.2, 0.25) is 0 Å². The molecule has 0 unspecified atom stereocenters. The average molecular weight is 367 g/mol. The predicted molar refractivity (Wildman–Crippen MR) is 104 cm³/mol. The Morgan fingerprint density at radius 3 is 2.76 bits per heavy atom. The quantitative estimate of drug-likeness (QED) is 0.568. The minimum atomic E-state index is -0.0582. The zero-order valence-corrected chi connectivity index (χ0v) is 15.6. The van der Waals surface area contributed by atoms with Crippen LogP contribution >= 0.6 is 22.7 Å². The summed E-state index contributed by atoms with van der Waals surface area (Å²) < 4.78 is 2.00. The monoisotopic (exact) mass is 367 g/mol. The van der Waals surface area contributed by atoms with E-state index in [9.17, 15) is 4.79 Å². The van der Waals surface area contributed by atoms with Gasteiger partial charge in [0.2, 0.25) is 0 Å². The highest BCUT2D eigenvalue weighted by Crippen LogP contribution is 2.35. The van der Waals surface area contributed by atoms with Crippen molar-refractivity contribution in [3.63, 3.8) is 0 Å². The number of nitrogens with zero attached hydrogens (tertiary/aromatic N) is 2. The largest absolute Gasteiger partial charge is 0.346 e. The van der Waals surface area contributed by atoms with E-state index in [1.807, 2.05) is 53.5 Å². The Labute approximate surface area is 153 Å². The first-order valence-electron chi connectivity index (χ1n) is 7.98. The molecular weight excluding hydrogens is 350 g/mol. The third-order valence-corrected chi connectivity index (χ3v) is 5.98. The van der Waals surface area contributed by atoms with Gasteiger partial charge in [-0.2, -0.15) is 0 Å². The van der Waals surface area contributed by atoms with E-state index < -0.39 is 0 Å². The summed E-state index contributed by atoms with van der Waals surface area (Å²) in [5, 5.41) is 6.10. The van der Waals surface area contributed by atoms with Crippen molar-refractivity contribution >= 4 is 38.8 Å². The number of carbonyl (C=O) groups is 1. The maximum Gasteiger partial charge on any atom is 0.263 e. The molecule has 0 aromatic carbocycles. The second kappa shape index (κ2) is 6.46. The van der Waals surface area contributed by atoms with Gasteiger partial charge < -0.3 is 9.88 Å². The topological polar surface area (TPSA) is 46.9 Å². The number of amides is 1. The minimum absolute atomic E-state index is 0.0582. The van der Waals surface area contributed by atoms with Crippen molar-refractivity contribution in [2.45, 2.75) is 20.4 Å². The zero-order chi connectivity index (χ0) is 17.4. The fourth-order valence-electron chi connectivity index (χ4n) is 2.97. The minimum Gasteiger partial charge on any atom is -0.346 e. The summed E-state index contributed by atoms with van der Waals surface area (Å²) in [5.41, 5.74) is 3.02. The highest BCUT2D eigenvalue weighted by atomic mass is 32.1. The Kier molecular flexibility index (Phi) is 4.15. The van der Waals surface area contributed by atoms with Gasteiger partial charge in [-0.25, -0.2) is 4.98 Å². The maximum absolute atomic E-state index is 12.9. The maximum atomic E-state index is 12.9. The first-order chi connectivity index (χ1) is 12.1. The Bertz CT molecular complexity index is 1030. The smallest absolute Gasteiger partial charge is 0.263 e. The lowest BCUT2D eigenvalue weighted by molar-refractivity contribution is 0.0955. The van der Waals surface area contributed by atoms with Crippen LogP contribution in [0.4, 0.5) is 0 Å². The highest BCUT2D eigenvalue weighted by molar-refractivity contribution is 7.21. The van der Waals surface area contributed by atoms with Crippen LogP contribution in [0.3, 0.4) is 0 Å². The van der Waals surface area contributed by atoms with E-state index in [0.29, 0.717) is 11.4 Å². The first-order valence-corrected chi connectivity index (χ1v) is 9.68. The molecule has 0 radical (unpaired) electrons. The van der Waals surface area contributed by atoms with Crippen LogP contribution in [-0.2, 0) is 6.54 Å². The van der Waals surface area contributed by atoms with Crippen molar-refractivity contribution in [1.82, 2.24) is 14.9 Å². The van der Waals surface area contributed by atoms with Gasteiger partial charge in [0, 0.05) is 28.4 Å². The number of rotatable bonds is 4. The van der Waals surface area contributed by atoms with Gasteiger partial charge in [-0.05, 0) is 49.1 Å². The molecule has 4 rings (SSSR count). The molecule has 4 aromatic rings. The lowest BCUT2D eigenvalue weighted by Crippen LogP contribution is -2.22. The van der Waals surface area contributed by atoms with E-state index in [4.69, 9.17) is 0 Å². The van der Waals surface area contributed by atoms with Crippen molar-refractivity contribution < 1.29 is 4.79 Å². The van der Waals surface area contributed by atoms with E-state index in [1.54, 1.807) is 11.3 Å². The van der Waals surface area contributed by atoms with Crippen molar-refractivity contribution in [3.8, 4) is 5.69 Å². The first kappa shape index (κ1) is 16.1. The van der Waals surface area contributed by atoms with Gasteiger partial charge in [-0.15, -0.1) is 22.7 Å². The third-order valence-electron chi connectivity index (χ3n) is 4.03. The third kappa shape index (κ3) is 2.99. The normalized spacial score (nSPS) is 11.1. The van der Waals surface area contributed by atoms with Gasteiger partial charge in [0.1, 0.15) is 9.71 Å². The number of thiophene rings is 2. The van der Waals surface area contributed by atoms with Crippen LogP contribution in [0.15, 0.2) is 48.1 Å². The van der Waals surface area contributed by atoms with Crippen molar-refractivity contribution in [1.29, 1.82) is 0 Å². The van der Waals surface area contributed by atoms with E-state index in [1.165, 1.54) is 11.3 Å². The summed E-state index contributed by atoms with van der Waals surface area (Å²) in [5.74, 6) is -0.0582. The molecule has 4 heterocycles. The van der Waals surface area contributed by atoms with Crippen LogP contribution < -0.4 is 5.32 Å². The van der Waals surface area contributed by atoms with E-state index in [-0.39, 0.29) is 5.91 Å². The second-order valence-electron chi connectivity index (χ2n) is 5.89. The summed E-state index contributed by atoms with van der Waals surface area (Å²) in [6.07, 6.45) is 3.94. The number of nitrogens with one attached hydrogen (secondary N) is 1. The number of hydrogen-bond donors (Lipinski definition) is 1. The Balaban J connectivity index is 1.81.